The van der Waals surface area contributed by atoms with Crippen LogP contribution in [0, 0.1) is 5.41 Å². The highest BCUT2D eigenvalue weighted by molar-refractivity contribution is 6.04. The predicted octanol–water partition coefficient (Wildman–Crippen LogP) is 0.546. The van der Waals surface area contributed by atoms with Gasteiger partial charge >= 0.3 is 5.97 Å². The molecule has 1 aliphatic carbocycles. The fourth-order valence-electron chi connectivity index (χ4n) is 3.44. The van der Waals surface area contributed by atoms with Gasteiger partial charge in [0, 0.05) is 25.2 Å². The lowest BCUT2D eigenvalue weighted by Gasteiger charge is -2.28. The van der Waals surface area contributed by atoms with Crippen LogP contribution in [0.25, 0.3) is 0 Å². The summed E-state index contributed by atoms with van der Waals surface area (Å²) < 4.78 is 0. The van der Waals surface area contributed by atoms with Gasteiger partial charge in [0.25, 0.3) is 0 Å². The summed E-state index contributed by atoms with van der Waals surface area (Å²) in [5, 5.41) is 9.20. The highest BCUT2D eigenvalue weighted by atomic mass is 16.4. The van der Waals surface area contributed by atoms with Gasteiger partial charge in [-0.05, 0) is 39.2 Å². The van der Waals surface area contributed by atoms with Gasteiger partial charge in [0.2, 0.25) is 5.91 Å². The van der Waals surface area contributed by atoms with Gasteiger partial charge in [0.05, 0.1) is 0 Å². The molecule has 3 fully saturated rings. The molecule has 0 aromatic rings. The smallest absolute Gasteiger partial charge is 0.319 e. The number of hydrogen-bond donors (Lipinski definition) is 1. The fourth-order valence-corrected chi connectivity index (χ4v) is 3.44. The largest absolute Gasteiger partial charge is 0.480 e. The zero-order valence-electron chi connectivity index (χ0n) is 10.8. The van der Waals surface area contributed by atoms with Crippen molar-refractivity contribution in [2.45, 2.75) is 44.2 Å². The van der Waals surface area contributed by atoms with E-state index < -0.39 is 11.4 Å². The van der Waals surface area contributed by atoms with Crippen LogP contribution < -0.4 is 0 Å². The van der Waals surface area contributed by atoms with E-state index in [4.69, 9.17) is 0 Å². The molecule has 0 aromatic heterocycles. The van der Waals surface area contributed by atoms with E-state index in [1.807, 2.05) is 0 Å². The van der Waals surface area contributed by atoms with Crippen molar-refractivity contribution < 1.29 is 14.7 Å². The number of rotatable bonds is 2. The Labute approximate surface area is 107 Å². The lowest BCUT2D eigenvalue weighted by atomic mass is 10.0. The number of nitrogens with zero attached hydrogens (tertiary/aromatic N) is 2. The zero-order chi connectivity index (χ0) is 12.9. The van der Waals surface area contributed by atoms with Crippen LogP contribution in [0.3, 0.4) is 0 Å². The number of aliphatic carboxylic acids is 1. The van der Waals surface area contributed by atoms with Gasteiger partial charge in [-0.25, -0.2) is 0 Å². The lowest BCUT2D eigenvalue weighted by molar-refractivity contribution is -0.153. The highest BCUT2D eigenvalue weighted by Crippen LogP contribution is 2.48. The standard InChI is InChI=1S/C13H20N2O3/c1-14-9-2-3-10(14)8-15(7-4-9)11(16)13(5-6-13)12(17)18/h9-10H,2-8H2,1H3,(H,17,18). The molecule has 2 saturated heterocycles. The summed E-state index contributed by atoms with van der Waals surface area (Å²) in [4.78, 5) is 27.8. The number of likely N-dealkylation sites (tertiary alicyclic amines) is 1. The molecule has 0 aromatic carbocycles. The molecule has 5 nitrogen and oxygen atoms in total. The zero-order valence-corrected chi connectivity index (χ0v) is 10.8. The van der Waals surface area contributed by atoms with Crippen LogP contribution in [0.4, 0.5) is 0 Å². The number of hydrogen-bond acceptors (Lipinski definition) is 3. The molecule has 0 spiro atoms. The number of fused-ring (bicyclic) bond motifs is 2. The van der Waals surface area contributed by atoms with Crippen molar-refractivity contribution in [2.24, 2.45) is 5.41 Å². The molecule has 5 heteroatoms. The average molecular weight is 252 g/mol. The Bertz CT molecular complexity index is 392. The van der Waals surface area contributed by atoms with Gasteiger partial charge in [-0.15, -0.1) is 0 Å². The summed E-state index contributed by atoms with van der Waals surface area (Å²) in [7, 11) is 2.13. The van der Waals surface area contributed by atoms with Crippen LogP contribution in [0.15, 0.2) is 0 Å². The molecule has 2 bridgehead atoms. The van der Waals surface area contributed by atoms with E-state index in [0.717, 1.165) is 19.4 Å². The predicted molar refractivity (Wildman–Crippen MR) is 65.1 cm³/mol. The molecule has 100 valence electrons. The summed E-state index contributed by atoms with van der Waals surface area (Å²) in [6, 6.07) is 0.999. The lowest BCUT2D eigenvalue weighted by Crippen LogP contribution is -2.45. The van der Waals surface area contributed by atoms with Gasteiger partial charge < -0.3 is 10.0 Å². The van der Waals surface area contributed by atoms with E-state index in [9.17, 15) is 14.7 Å². The first-order valence-electron chi connectivity index (χ1n) is 6.79. The molecule has 18 heavy (non-hydrogen) atoms. The Balaban J connectivity index is 1.74. The molecule has 2 unspecified atom stereocenters. The highest BCUT2D eigenvalue weighted by Gasteiger charge is 2.59. The van der Waals surface area contributed by atoms with Crippen molar-refractivity contribution in [1.29, 1.82) is 0 Å². The second-order valence-corrected chi connectivity index (χ2v) is 5.98. The minimum atomic E-state index is -1.07. The van der Waals surface area contributed by atoms with Crippen molar-refractivity contribution in [3.8, 4) is 0 Å². The Kier molecular flexibility index (Phi) is 2.62. The van der Waals surface area contributed by atoms with Gasteiger partial charge in [-0.1, -0.05) is 0 Å². The third-order valence-corrected chi connectivity index (χ3v) is 5.00. The molecule has 1 amide bonds. The van der Waals surface area contributed by atoms with Crippen LogP contribution in [0.5, 0.6) is 0 Å². The minimum Gasteiger partial charge on any atom is -0.480 e. The third-order valence-electron chi connectivity index (χ3n) is 5.00. The molecule has 3 aliphatic rings. The molecular formula is C13H20N2O3. The summed E-state index contributed by atoms with van der Waals surface area (Å²) in [6.07, 6.45) is 4.36. The number of likely N-dealkylation sites (N-methyl/N-ethyl adjacent to an activating group) is 1. The third kappa shape index (κ3) is 1.64. The summed E-state index contributed by atoms with van der Waals surface area (Å²) in [5.41, 5.74) is -1.07. The van der Waals surface area contributed by atoms with E-state index in [-0.39, 0.29) is 5.91 Å². The van der Waals surface area contributed by atoms with E-state index >= 15 is 0 Å². The van der Waals surface area contributed by atoms with Crippen LogP contribution >= 0.6 is 0 Å². The van der Waals surface area contributed by atoms with Crippen LogP contribution in [-0.4, -0.2) is 59.0 Å². The van der Waals surface area contributed by atoms with Crippen LogP contribution in [0.2, 0.25) is 0 Å². The number of carboxylic acid groups (broad SMARTS) is 1. The normalized spacial score (nSPS) is 34.2. The topological polar surface area (TPSA) is 60.9 Å². The monoisotopic (exact) mass is 252 g/mol. The average Bonchev–Trinajstić information content (AvgIpc) is 3.04. The molecule has 1 saturated carbocycles. The van der Waals surface area contributed by atoms with E-state index in [0.29, 0.717) is 31.5 Å². The van der Waals surface area contributed by atoms with Crippen molar-refractivity contribution in [2.75, 3.05) is 20.1 Å². The van der Waals surface area contributed by atoms with E-state index in [1.54, 1.807) is 4.90 Å². The van der Waals surface area contributed by atoms with Crippen LogP contribution in [0.1, 0.15) is 32.1 Å². The summed E-state index contributed by atoms with van der Waals surface area (Å²) in [5.74, 6) is -1.08. The first kappa shape index (κ1) is 12.0. The number of carbonyl (C=O) groups is 2. The van der Waals surface area contributed by atoms with Gasteiger partial charge in [-0.2, -0.15) is 0 Å². The van der Waals surface area contributed by atoms with Crippen LogP contribution in [-0.2, 0) is 9.59 Å². The van der Waals surface area contributed by atoms with Crippen molar-refractivity contribution >= 4 is 11.9 Å². The summed E-state index contributed by atoms with van der Waals surface area (Å²) in [6.45, 7) is 1.43. The SMILES string of the molecule is CN1C2CCC1CN(C(=O)C1(C(=O)O)CC1)CC2. The van der Waals surface area contributed by atoms with E-state index in [2.05, 4.69) is 11.9 Å². The minimum absolute atomic E-state index is 0.143. The second kappa shape index (κ2) is 3.95. The van der Waals surface area contributed by atoms with Crippen molar-refractivity contribution in [3.05, 3.63) is 0 Å². The first-order valence-corrected chi connectivity index (χ1v) is 6.79. The molecular weight excluding hydrogens is 232 g/mol. The van der Waals surface area contributed by atoms with E-state index in [1.165, 1.54) is 6.42 Å². The Morgan fingerprint density at radius 2 is 1.83 bits per heavy atom. The molecule has 0 radical (unpaired) electrons. The molecule has 3 rings (SSSR count). The Morgan fingerprint density at radius 1 is 1.17 bits per heavy atom. The Hall–Kier alpha value is -1.10. The molecule has 1 N–H and O–H groups in total. The quantitative estimate of drug-likeness (QED) is 0.729. The second-order valence-electron chi connectivity index (χ2n) is 5.98. The van der Waals surface area contributed by atoms with Gasteiger partial charge in [0.1, 0.15) is 5.41 Å². The first-order chi connectivity index (χ1) is 8.54. The van der Waals surface area contributed by atoms with Gasteiger partial charge in [-0.3, -0.25) is 14.5 Å². The summed E-state index contributed by atoms with van der Waals surface area (Å²) >= 11 is 0. The molecule has 2 heterocycles. The maximum Gasteiger partial charge on any atom is 0.319 e. The van der Waals surface area contributed by atoms with Gasteiger partial charge in [0.15, 0.2) is 0 Å². The molecule has 2 aliphatic heterocycles. The maximum atomic E-state index is 12.4. The van der Waals surface area contributed by atoms with Crippen molar-refractivity contribution in [3.63, 3.8) is 0 Å². The fraction of sp³-hybridized carbons (Fsp3) is 0.846. The van der Waals surface area contributed by atoms with Crippen molar-refractivity contribution in [1.82, 2.24) is 9.80 Å². The molecule has 2 atom stereocenters. The maximum absolute atomic E-state index is 12.4. The number of carbonyl (C=O) groups excluding carboxylic acids is 1. The Morgan fingerprint density at radius 3 is 2.44 bits per heavy atom. The number of carboxylic acids is 1. The number of amides is 1.